The molecule has 6 heterocycles. The summed E-state index contributed by atoms with van der Waals surface area (Å²) in [6.07, 6.45) is 10.1. The van der Waals surface area contributed by atoms with Crippen LogP contribution < -0.4 is 10.6 Å². The number of aryl methyl sites for hydroxylation is 2. The predicted molar refractivity (Wildman–Crippen MR) is 140 cm³/mol. The summed E-state index contributed by atoms with van der Waals surface area (Å²) < 4.78 is 9.11. The van der Waals surface area contributed by atoms with Crippen molar-refractivity contribution in [2.45, 2.75) is 31.8 Å². The second-order valence-electron chi connectivity index (χ2n) is 9.99. The Hall–Kier alpha value is -4.16. The molecule has 196 valence electrons. The van der Waals surface area contributed by atoms with Crippen LogP contribution in [0.15, 0.2) is 43.0 Å². The Morgan fingerprint density at radius 3 is 2.61 bits per heavy atom. The van der Waals surface area contributed by atoms with Crippen LogP contribution in [0.3, 0.4) is 0 Å². The van der Waals surface area contributed by atoms with Gasteiger partial charge in [-0.25, -0.2) is 0 Å². The van der Waals surface area contributed by atoms with Crippen LogP contribution in [0.4, 0.5) is 11.4 Å². The Bertz CT molecular complexity index is 1510. The lowest BCUT2D eigenvalue weighted by atomic mass is 9.84. The van der Waals surface area contributed by atoms with Crippen LogP contribution in [0.5, 0.6) is 0 Å². The third-order valence-electron chi connectivity index (χ3n) is 7.37. The highest BCUT2D eigenvalue weighted by Crippen LogP contribution is 2.36. The van der Waals surface area contributed by atoms with Crippen molar-refractivity contribution in [1.29, 1.82) is 0 Å². The second kappa shape index (κ2) is 9.62. The Balaban J connectivity index is 1.11. The van der Waals surface area contributed by atoms with E-state index in [2.05, 4.69) is 35.8 Å². The summed E-state index contributed by atoms with van der Waals surface area (Å²) in [5.74, 6) is -0.406. The number of likely N-dealkylation sites (tertiary alicyclic amines) is 1. The van der Waals surface area contributed by atoms with Crippen LogP contribution in [-0.2, 0) is 16.6 Å². The summed E-state index contributed by atoms with van der Waals surface area (Å²) in [6.45, 7) is 4.63. The van der Waals surface area contributed by atoms with E-state index in [0.717, 1.165) is 50.1 Å². The van der Waals surface area contributed by atoms with E-state index in [1.165, 1.54) is 0 Å². The number of fused-ring (bicyclic) bond motifs is 1. The van der Waals surface area contributed by atoms with Crippen LogP contribution in [0.2, 0.25) is 0 Å². The molecule has 2 fully saturated rings. The number of amides is 2. The lowest BCUT2D eigenvalue weighted by Crippen LogP contribution is -2.53. The smallest absolute Gasteiger partial charge is 0.294 e. The fraction of sp³-hybridized carbons (Fsp3) is 0.385. The molecule has 2 N–H and O–H groups in total. The number of carbonyl (C=O) groups is 2. The molecule has 2 aliphatic rings. The largest absolute Gasteiger partial charge is 0.375 e. The molecule has 0 unspecified atom stereocenters. The number of piperidine rings is 1. The summed E-state index contributed by atoms with van der Waals surface area (Å²) in [7, 11) is 1.85. The van der Waals surface area contributed by atoms with Crippen molar-refractivity contribution in [2.24, 2.45) is 7.05 Å². The highest BCUT2D eigenvalue weighted by atomic mass is 16.5. The topological polar surface area (TPSA) is 132 Å². The first-order valence-electron chi connectivity index (χ1n) is 12.7. The van der Waals surface area contributed by atoms with Gasteiger partial charge in [0.1, 0.15) is 0 Å². The summed E-state index contributed by atoms with van der Waals surface area (Å²) in [6, 6.07) is 5.44. The highest BCUT2D eigenvalue weighted by Gasteiger charge is 2.41. The molecule has 6 rings (SSSR count). The molecule has 0 aliphatic carbocycles. The van der Waals surface area contributed by atoms with Crippen LogP contribution in [0, 0.1) is 6.92 Å². The van der Waals surface area contributed by atoms with Gasteiger partial charge >= 0.3 is 0 Å². The Morgan fingerprint density at radius 2 is 1.89 bits per heavy atom. The van der Waals surface area contributed by atoms with Gasteiger partial charge in [-0.1, -0.05) is 0 Å². The van der Waals surface area contributed by atoms with Crippen LogP contribution in [0.1, 0.15) is 35.6 Å². The zero-order valence-electron chi connectivity index (χ0n) is 21.3. The van der Waals surface area contributed by atoms with Crippen molar-refractivity contribution in [3.63, 3.8) is 0 Å². The van der Waals surface area contributed by atoms with Crippen molar-refractivity contribution in [3.05, 3.63) is 54.5 Å². The van der Waals surface area contributed by atoms with Gasteiger partial charge in [0.2, 0.25) is 11.7 Å². The zero-order valence-corrected chi connectivity index (χ0v) is 21.3. The van der Waals surface area contributed by atoms with E-state index in [1.54, 1.807) is 40.7 Å². The number of anilines is 2. The van der Waals surface area contributed by atoms with Crippen LogP contribution >= 0.6 is 0 Å². The molecule has 2 saturated heterocycles. The van der Waals surface area contributed by atoms with Gasteiger partial charge in [-0.15, -0.1) is 10.2 Å². The first-order valence-corrected chi connectivity index (χ1v) is 12.7. The third-order valence-corrected chi connectivity index (χ3v) is 7.37. The van der Waals surface area contributed by atoms with Crippen molar-refractivity contribution in [2.75, 3.05) is 36.9 Å². The number of carbonyl (C=O) groups excluding carboxylic acids is 2. The number of hydrogen-bond donors (Lipinski definition) is 2. The second-order valence-corrected chi connectivity index (χ2v) is 9.99. The third kappa shape index (κ3) is 4.75. The maximum Gasteiger partial charge on any atom is 0.294 e. The first-order chi connectivity index (χ1) is 18.4. The molecule has 1 spiro atoms. The van der Waals surface area contributed by atoms with Gasteiger partial charge in [0.05, 0.1) is 48.2 Å². The number of hydrogen-bond acceptors (Lipinski definition) is 8. The molecule has 38 heavy (non-hydrogen) atoms. The molecule has 12 heteroatoms. The summed E-state index contributed by atoms with van der Waals surface area (Å²) in [4.78, 5) is 32.3. The van der Waals surface area contributed by atoms with Gasteiger partial charge in [-0.05, 0) is 49.9 Å². The minimum Gasteiger partial charge on any atom is -0.375 e. The standard InChI is InChI=1S/C26H29N9O3/c1-17-21(12-20(14-27-17)29-23(36)16-34-8-4-26(5-9-34)6-10-38-26)30-25(37)24-32-31-22-11-18(3-7-35(22)24)19-13-28-33(2)15-19/h3,7,11-15H,4-6,8-10,16H2,1-2H3,(H,29,36)(H,30,37). The van der Waals surface area contributed by atoms with Gasteiger partial charge in [0.25, 0.3) is 5.91 Å². The Morgan fingerprint density at radius 1 is 1.08 bits per heavy atom. The number of ether oxygens (including phenoxy) is 1. The summed E-state index contributed by atoms with van der Waals surface area (Å²) >= 11 is 0. The van der Waals surface area contributed by atoms with Crippen LogP contribution in [0.25, 0.3) is 16.8 Å². The molecule has 0 atom stereocenters. The number of nitrogens with one attached hydrogen (secondary N) is 2. The Kier molecular flexibility index (Phi) is 6.12. The van der Waals surface area contributed by atoms with E-state index < -0.39 is 5.91 Å². The van der Waals surface area contributed by atoms with E-state index in [-0.39, 0.29) is 17.3 Å². The SMILES string of the molecule is Cc1ncc(NC(=O)CN2CCC3(CCO3)CC2)cc1NC(=O)c1nnc2cc(-c3cnn(C)c3)ccn12. The van der Waals surface area contributed by atoms with Gasteiger partial charge in [-0.2, -0.15) is 5.10 Å². The predicted octanol–water partition coefficient (Wildman–Crippen LogP) is 2.28. The molecule has 0 saturated carbocycles. The number of pyridine rings is 2. The van der Waals surface area contributed by atoms with Crippen molar-refractivity contribution < 1.29 is 14.3 Å². The maximum absolute atomic E-state index is 13.1. The van der Waals surface area contributed by atoms with E-state index >= 15 is 0 Å². The normalized spacial score (nSPS) is 16.9. The Labute approximate surface area is 219 Å². The van der Waals surface area contributed by atoms with Crippen molar-refractivity contribution in [3.8, 4) is 11.1 Å². The average Bonchev–Trinajstić information content (AvgIpc) is 3.51. The molecule has 2 aliphatic heterocycles. The fourth-order valence-corrected chi connectivity index (χ4v) is 5.01. The number of aromatic nitrogens is 6. The van der Waals surface area contributed by atoms with E-state index in [0.29, 0.717) is 29.3 Å². The molecule has 12 nitrogen and oxygen atoms in total. The molecule has 0 radical (unpaired) electrons. The molecular weight excluding hydrogens is 486 g/mol. The fourth-order valence-electron chi connectivity index (χ4n) is 5.01. The van der Waals surface area contributed by atoms with Crippen molar-refractivity contribution >= 4 is 28.8 Å². The molecule has 4 aromatic heterocycles. The highest BCUT2D eigenvalue weighted by molar-refractivity contribution is 6.03. The number of rotatable bonds is 6. The lowest BCUT2D eigenvalue weighted by molar-refractivity contribution is -0.173. The van der Waals surface area contributed by atoms with Crippen molar-refractivity contribution in [1.82, 2.24) is 34.3 Å². The van der Waals surface area contributed by atoms with Gasteiger partial charge in [0.15, 0.2) is 5.65 Å². The molecular formula is C26H29N9O3. The van der Waals surface area contributed by atoms with E-state index in [4.69, 9.17) is 4.74 Å². The minimum absolute atomic E-state index is 0.0539. The molecule has 2 amide bonds. The molecule has 0 aromatic carbocycles. The average molecular weight is 516 g/mol. The monoisotopic (exact) mass is 515 g/mol. The van der Waals surface area contributed by atoms with Gasteiger partial charge < -0.3 is 15.4 Å². The van der Waals surface area contributed by atoms with E-state index in [9.17, 15) is 9.59 Å². The summed E-state index contributed by atoms with van der Waals surface area (Å²) in [5.41, 5.74) is 4.08. The maximum atomic E-state index is 13.1. The quantitative estimate of drug-likeness (QED) is 0.400. The van der Waals surface area contributed by atoms with Gasteiger partial charge in [0, 0.05) is 38.1 Å². The lowest BCUT2D eigenvalue weighted by Gasteiger charge is -2.47. The van der Waals surface area contributed by atoms with Crippen LogP contribution in [-0.4, -0.2) is 77.9 Å². The summed E-state index contributed by atoms with van der Waals surface area (Å²) in [5, 5.41) is 18.2. The zero-order chi connectivity index (χ0) is 26.3. The first kappa shape index (κ1) is 24.2. The number of nitrogens with zero attached hydrogens (tertiary/aromatic N) is 7. The molecule has 4 aromatic rings. The minimum atomic E-state index is -0.430. The van der Waals surface area contributed by atoms with Gasteiger partial charge in [-0.3, -0.25) is 28.6 Å². The van der Waals surface area contributed by atoms with E-state index in [1.807, 2.05) is 25.4 Å². The molecule has 0 bridgehead atoms.